The fourth-order valence-electron chi connectivity index (χ4n) is 1.73. The summed E-state index contributed by atoms with van der Waals surface area (Å²) in [5.41, 5.74) is 2.80. The first-order valence-electron chi connectivity index (χ1n) is 6.62. The van der Waals surface area contributed by atoms with Crippen LogP contribution in [0.25, 0.3) is 0 Å². The number of carbonyl (C=O) groups is 1. The van der Waals surface area contributed by atoms with E-state index in [1.807, 2.05) is 37.3 Å². The van der Waals surface area contributed by atoms with Gasteiger partial charge in [-0.1, -0.05) is 29.8 Å². The molecule has 0 unspecified atom stereocenters. The van der Waals surface area contributed by atoms with E-state index >= 15 is 0 Å². The predicted octanol–water partition coefficient (Wildman–Crippen LogP) is 2.56. The van der Waals surface area contributed by atoms with Crippen LogP contribution in [0.15, 0.2) is 48.5 Å². The van der Waals surface area contributed by atoms with Crippen LogP contribution in [0.2, 0.25) is 0 Å². The number of rotatable bonds is 5. The monoisotopic (exact) mass is 280 g/mol. The molecule has 1 amide bonds. The summed E-state index contributed by atoms with van der Waals surface area (Å²) in [6, 6.07) is 16.7. The normalized spacial score (nSPS) is 9.71. The third kappa shape index (κ3) is 4.66. The maximum atomic E-state index is 11.7. The second-order valence-electron chi connectivity index (χ2n) is 4.69. The first-order chi connectivity index (χ1) is 10.2. The maximum absolute atomic E-state index is 11.7. The molecule has 0 heterocycles. The lowest BCUT2D eigenvalue weighted by atomic mass is 10.1. The summed E-state index contributed by atoms with van der Waals surface area (Å²) in [5, 5.41) is 11.5. The zero-order chi connectivity index (χ0) is 15.1. The van der Waals surface area contributed by atoms with Crippen molar-refractivity contribution in [3.63, 3.8) is 0 Å². The number of benzene rings is 2. The molecule has 0 saturated heterocycles. The molecule has 2 aromatic carbocycles. The number of hydrogen-bond acceptors (Lipinski definition) is 3. The van der Waals surface area contributed by atoms with E-state index in [4.69, 9.17) is 10.00 Å². The van der Waals surface area contributed by atoms with E-state index in [1.54, 1.807) is 24.3 Å². The summed E-state index contributed by atoms with van der Waals surface area (Å²) in [7, 11) is 0. The van der Waals surface area contributed by atoms with Gasteiger partial charge in [0.1, 0.15) is 5.75 Å². The summed E-state index contributed by atoms with van der Waals surface area (Å²) in [6.07, 6.45) is 0. The summed E-state index contributed by atoms with van der Waals surface area (Å²) < 4.78 is 5.35. The Morgan fingerprint density at radius 1 is 1.14 bits per heavy atom. The standard InChI is InChI=1S/C17H16N2O2/c1-13-2-4-15(5-3-13)11-19-17(20)12-21-16-8-6-14(10-18)7-9-16/h2-9H,11-12H2,1H3,(H,19,20). The molecule has 0 aliphatic carbocycles. The largest absolute Gasteiger partial charge is 0.484 e. The fraction of sp³-hybridized carbons (Fsp3) is 0.176. The van der Waals surface area contributed by atoms with Gasteiger partial charge in [0.2, 0.25) is 0 Å². The minimum atomic E-state index is -0.181. The van der Waals surface area contributed by atoms with E-state index in [2.05, 4.69) is 5.32 Å². The lowest BCUT2D eigenvalue weighted by Gasteiger charge is -2.08. The smallest absolute Gasteiger partial charge is 0.258 e. The van der Waals surface area contributed by atoms with Crippen molar-refractivity contribution in [1.82, 2.24) is 5.32 Å². The highest BCUT2D eigenvalue weighted by molar-refractivity contribution is 5.77. The van der Waals surface area contributed by atoms with Crippen molar-refractivity contribution in [3.05, 3.63) is 65.2 Å². The Kier molecular flexibility index (Phi) is 4.94. The quantitative estimate of drug-likeness (QED) is 0.915. The number of carbonyl (C=O) groups excluding carboxylic acids is 1. The number of hydrogen-bond donors (Lipinski definition) is 1. The molecule has 2 rings (SSSR count). The van der Waals surface area contributed by atoms with E-state index in [-0.39, 0.29) is 12.5 Å². The third-order valence-corrected chi connectivity index (χ3v) is 2.96. The van der Waals surface area contributed by atoms with Gasteiger partial charge in [-0.05, 0) is 36.8 Å². The van der Waals surface area contributed by atoms with E-state index < -0.39 is 0 Å². The molecular formula is C17H16N2O2. The van der Waals surface area contributed by atoms with Crippen molar-refractivity contribution < 1.29 is 9.53 Å². The van der Waals surface area contributed by atoms with E-state index in [1.165, 1.54) is 5.56 Å². The lowest BCUT2D eigenvalue weighted by molar-refractivity contribution is -0.123. The van der Waals surface area contributed by atoms with Crippen LogP contribution in [0.4, 0.5) is 0 Å². The highest BCUT2D eigenvalue weighted by atomic mass is 16.5. The molecule has 0 saturated carbocycles. The molecule has 0 aromatic heterocycles. The number of nitrogens with one attached hydrogen (secondary N) is 1. The topological polar surface area (TPSA) is 62.1 Å². The first-order valence-corrected chi connectivity index (χ1v) is 6.62. The number of ether oxygens (including phenoxy) is 1. The molecular weight excluding hydrogens is 264 g/mol. The zero-order valence-electron chi connectivity index (χ0n) is 11.8. The van der Waals surface area contributed by atoms with Gasteiger partial charge in [0.15, 0.2) is 6.61 Å². The predicted molar refractivity (Wildman–Crippen MR) is 79.7 cm³/mol. The van der Waals surface area contributed by atoms with Gasteiger partial charge in [-0.2, -0.15) is 5.26 Å². The van der Waals surface area contributed by atoms with Crippen molar-refractivity contribution in [1.29, 1.82) is 5.26 Å². The van der Waals surface area contributed by atoms with Gasteiger partial charge in [-0.15, -0.1) is 0 Å². The molecule has 4 heteroatoms. The summed E-state index contributed by atoms with van der Waals surface area (Å²) in [4.78, 5) is 11.7. The summed E-state index contributed by atoms with van der Waals surface area (Å²) in [6.45, 7) is 2.46. The van der Waals surface area contributed by atoms with Crippen LogP contribution in [0.3, 0.4) is 0 Å². The molecule has 106 valence electrons. The first kappa shape index (κ1) is 14.6. The Bertz CT molecular complexity index is 640. The summed E-state index contributed by atoms with van der Waals surface area (Å²) >= 11 is 0. The van der Waals surface area contributed by atoms with Crippen molar-refractivity contribution in [3.8, 4) is 11.8 Å². The highest BCUT2D eigenvalue weighted by Crippen LogP contribution is 2.11. The molecule has 4 nitrogen and oxygen atoms in total. The van der Waals surface area contributed by atoms with Crippen molar-refractivity contribution >= 4 is 5.91 Å². The number of amides is 1. The average molecular weight is 280 g/mol. The molecule has 0 aliphatic rings. The van der Waals surface area contributed by atoms with Gasteiger partial charge in [-0.25, -0.2) is 0 Å². The molecule has 0 spiro atoms. The Morgan fingerprint density at radius 2 is 1.81 bits per heavy atom. The molecule has 1 N–H and O–H groups in total. The van der Waals surface area contributed by atoms with Gasteiger partial charge in [0.25, 0.3) is 5.91 Å². The minimum Gasteiger partial charge on any atom is -0.484 e. The molecule has 0 fully saturated rings. The molecule has 0 bridgehead atoms. The van der Waals surface area contributed by atoms with Crippen LogP contribution < -0.4 is 10.1 Å². The molecule has 0 aliphatic heterocycles. The Hall–Kier alpha value is -2.80. The van der Waals surface area contributed by atoms with Crippen LogP contribution in [0, 0.1) is 18.3 Å². The van der Waals surface area contributed by atoms with Crippen LogP contribution in [-0.4, -0.2) is 12.5 Å². The number of aryl methyl sites for hydroxylation is 1. The number of nitriles is 1. The second-order valence-corrected chi connectivity index (χ2v) is 4.69. The molecule has 2 aromatic rings. The third-order valence-electron chi connectivity index (χ3n) is 2.96. The molecule has 0 atom stereocenters. The van der Waals surface area contributed by atoms with Crippen molar-refractivity contribution in [2.75, 3.05) is 6.61 Å². The second kappa shape index (κ2) is 7.11. The van der Waals surface area contributed by atoms with Gasteiger partial charge < -0.3 is 10.1 Å². The fourth-order valence-corrected chi connectivity index (χ4v) is 1.73. The zero-order valence-corrected chi connectivity index (χ0v) is 11.8. The van der Waals surface area contributed by atoms with Crippen molar-refractivity contribution in [2.45, 2.75) is 13.5 Å². The van der Waals surface area contributed by atoms with Crippen LogP contribution in [-0.2, 0) is 11.3 Å². The average Bonchev–Trinajstić information content (AvgIpc) is 2.53. The van der Waals surface area contributed by atoms with E-state index in [0.717, 1.165) is 5.56 Å². The van der Waals surface area contributed by atoms with Gasteiger partial charge in [0.05, 0.1) is 11.6 Å². The maximum Gasteiger partial charge on any atom is 0.258 e. The van der Waals surface area contributed by atoms with Gasteiger partial charge in [0, 0.05) is 6.54 Å². The van der Waals surface area contributed by atoms with E-state index in [0.29, 0.717) is 17.9 Å². The molecule has 21 heavy (non-hydrogen) atoms. The highest BCUT2D eigenvalue weighted by Gasteiger charge is 2.03. The Labute approximate surface area is 124 Å². The summed E-state index contributed by atoms with van der Waals surface area (Å²) in [5.74, 6) is 0.388. The van der Waals surface area contributed by atoms with Crippen LogP contribution in [0.5, 0.6) is 5.75 Å². The Morgan fingerprint density at radius 3 is 2.43 bits per heavy atom. The lowest BCUT2D eigenvalue weighted by Crippen LogP contribution is -2.28. The van der Waals surface area contributed by atoms with Gasteiger partial charge >= 0.3 is 0 Å². The van der Waals surface area contributed by atoms with Crippen LogP contribution in [0.1, 0.15) is 16.7 Å². The number of nitrogens with zero attached hydrogens (tertiary/aromatic N) is 1. The van der Waals surface area contributed by atoms with E-state index in [9.17, 15) is 4.79 Å². The SMILES string of the molecule is Cc1ccc(CNC(=O)COc2ccc(C#N)cc2)cc1. The Balaban J connectivity index is 1.76. The van der Waals surface area contributed by atoms with Crippen molar-refractivity contribution in [2.24, 2.45) is 0 Å². The molecule has 0 radical (unpaired) electrons. The van der Waals surface area contributed by atoms with Gasteiger partial charge in [-0.3, -0.25) is 4.79 Å². The minimum absolute atomic E-state index is 0.0439. The van der Waals surface area contributed by atoms with Crippen LogP contribution >= 0.6 is 0 Å².